The van der Waals surface area contributed by atoms with Crippen LogP contribution in [-0.2, 0) is 21.4 Å². The Morgan fingerprint density at radius 3 is 2.52 bits per heavy atom. The normalized spacial score (nSPS) is 17.2. The van der Waals surface area contributed by atoms with E-state index in [1.54, 1.807) is 47.2 Å². The average Bonchev–Trinajstić information content (AvgIpc) is 3.36. The van der Waals surface area contributed by atoms with Crippen LogP contribution in [0.5, 0.6) is 5.75 Å². The van der Waals surface area contributed by atoms with Gasteiger partial charge in [0.25, 0.3) is 0 Å². The van der Waals surface area contributed by atoms with Crippen LogP contribution in [0.4, 0.5) is 0 Å². The third-order valence-electron chi connectivity index (χ3n) is 5.70. The largest absolute Gasteiger partial charge is 0.491 e. The maximum Gasteiger partial charge on any atom is 0.323 e. The SMILES string of the molecule is CC(C)Oc1ccc(S(=O)(=O)N2CCC(c3cn(CC(=O)O)c4ccc(Cl)c(Cl)c34)C2)cc1. The number of carbonyl (C=O) groups is 1. The molecular weight excluding hydrogens is 487 g/mol. The van der Waals surface area contributed by atoms with Gasteiger partial charge in [-0.2, -0.15) is 4.31 Å². The molecule has 0 spiro atoms. The minimum atomic E-state index is -3.69. The first-order valence-corrected chi connectivity index (χ1v) is 12.7. The molecule has 3 aromatic rings. The van der Waals surface area contributed by atoms with Gasteiger partial charge in [-0.3, -0.25) is 4.79 Å². The summed E-state index contributed by atoms with van der Waals surface area (Å²) in [6.45, 7) is 4.19. The van der Waals surface area contributed by atoms with Crippen molar-refractivity contribution >= 4 is 50.1 Å². The van der Waals surface area contributed by atoms with E-state index in [1.165, 1.54) is 4.31 Å². The van der Waals surface area contributed by atoms with Gasteiger partial charge in [-0.15, -0.1) is 0 Å². The Balaban J connectivity index is 1.63. The third-order valence-corrected chi connectivity index (χ3v) is 8.38. The topological polar surface area (TPSA) is 88.8 Å². The Labute approximate surface area is 202 Å². The molecule has 1 saturated heterocycles. The highest BCUT2D eigenvalue weighted by molar-refractivity contribution is 7.89. The van der Waals surface area contributed by atoms with Gasteiger partial charge in [-0.05, 0) is 62.2 Å². The van der Waals surface area contributed by atoms with Crippen LogP contribution in [0.3, 0.4) is 0 Å². The van der Waals surface area contributed by atoms with E-state index in [4.69, 9.17) is 27.9 Å². The minimum absolute atomic E-state index is 0.00428. The summed E-state index contributed by atoms with van der Waals surface area (Å²) >= 11 is 12.7. The fourth-order valence-corrected chi connectivity index (χ4v) is 6.18. The predicted molar refractivity (Wildman–Crippen MR) is 128 cm³/mol. The molecule has 7 nitrogen and oxygen atoms in total. The van der Waals surface area contributed by atoms with Gasteiger partial charge in [-0.25, -0.2) is 8.42 Å². The summed E-state index contributed by atoms with van der Waals surface area (Å²) in [7, 11) is -3.69. The molecule has 1 aromatic heterocycles. The van der Waals surface area contributed by atoms with Crippen molar-refractivity contribution in [1.29, 1.82) is 0 Å². The average molecular weight is 511 g/mol. The molecule has 1 aliphatic rings. The van der Waals surface area contributed by atoms with E-state index in [9.17, 15) is 18.3 Å². The van der Waals surface area contributed by atoms with E-state index >= 15 is 0 Å². The number of carboxylic acids is 1. The summed E-state index contributed by atoms with van der Waals surface area (Å²) in [5, 5.41) is 10.7. The molecule has 2 heterocycles. The number of hydrogen-bond donors (Lipinski definition) is 1. The van der Waals surface area contributed by atoms with Crippen molar-refractivity contribution < 1.29 is 23.1 Å². The molecule has 10 heteroatoms. The van der Waals surface area contributed by atoms with Gasteiger partial charge in [0.1, 0.15) is 12.3 Å². The van der Waals surface area contributed by atoms with Crippen molar-refractivity contribution in [3.63, 3.8) is 0 Å². The molecule has 2 aromatic carbocycles. The highest BCUT2D eigenvalue weighted by Gasteiger charge is 2.35. The van der Waals surface area contributed by atoms with Crippen LogP contribution in [-0.4, -0.2) is 47.6 Å². The summed E-state index contributed by atoms with van der Waals surface area (Å²) in [5.74, 6) is -0.511. The van der Waals surface area contributed by atoms with E-state index in [0.717, 1.165) is 5.56 Å². The molecule has 176 valence electrons. The zero-order valence-electron chi connectivity index (χ0n) is 18.2. The van der Waals surface area contributed by atoms with Crippen LogP contribution in [0.2, 0.25) is 10.0 Å². The Morgan fingerprint density at radius 1 is 1.18 bits per heavy atom. The molecule has 4 rings (SSSR count). The Bertz CT molecular complexity index is 1300. The zero-order valence-corrected chi connectivity index (χ0v) is 20.5. The Morgan fingerprint density at radius 2 is 1.88 bits per heavy atom. The standard InChI is InChI=1S/C23H24Cl2N2O5S/c1-14(2)32-16-3-5-17(6-4-16)33(30,31)27-10-9-15(11-27)18-12-26(13-21(28)29)20-8-7-19(24)23(25)22(18)20/h3-8,12,14-15H,9-11,13H2,1-2H3,(H,28,29). The smallest absolute Gasteiger partial charge is 0.323 e. The highest BCUT2D eigenvalue weighted by Crippen LogP contribution is 2.41. The molecule has 0 amide bonds. The lowest BCUT2D eigenvalue weighted by Crippen LogP contribution is -2.28. The van der Waals surface area contributed by atoms with Crippen molar-refractivity contribution in [2.45, 2.75) is 43.7 Å². The van der Waals surface area contributed by atoms with Crippen LogP contribution in [0.25, 0.3) is 10.9 Å². The van der Waals surface area contributed by atoms with Crippen LogP contribution in [0, 0.1) is 0 Å². The quantitative estimate of drug-likeness (QED) is 0.483. The van der Waals surface area contributed by atoms with Crippen molar-refractivity contribution in [1.82, 2.24) is 8.87 Å². The second-order valence-corrected chi connectivity index (χ2v) is 11.1. The van der Waals surface area contributed by atoms with Crippen molar-refractivity contribution in [2.75, 3.05) is 13.1 Å². The lowest BCUT2D eigenvalue weighted by atomic mass is 9.98. The van der Waals surface area contributed by atoms with E-state index in [0.29, 0.717) is 39.7 Å². The van der Waals surface area contributed by atoms with Crippen molar-refractivity contribution in [3.8, 4) is 5.75 Å². The summed E-state index contributed by atoms with van der Waals surface area (Å²) in [6.07, 6.45) is 2.33. The second-order valence-electron chi connectivity index (χ2n) is 8.35. The number of hydrogen-bond acceptors (Lipinski definition) is 4. The third kappa shape index (κ3) is 4.71. The first-order chi connectivity index (χ1) is 15.6. The van der Waals surface area contributed by atoms with Gasteiger partial charge < -0.3 is 14.4 Å². The van der Waals surface area contributed by atoms with Crippen LogP contribution < -0.4 is 4.74 Å². The number of nitrogens with zero attached hydrogens (tertiary/aromatic N) is 2. The lowest BCUT2D eigenvalue weighted by Gasteiger charge is -2.17. The monoisotopic (exact) mass is 510 g/mol. The number of fused-ring (bicyclic) bond motifs is 1. The zero-order chi connectivity index (χ0) is 23.9. The second kappa shape index (κ2) is 9.18. The first kappa shape index (κ1) is 23.9. The summed E-state index contributed by atoms with van der Waals surface area (Å²) < 4.78 is 35.1. The van der Waals surface area contributed by atoms with E-state index < -0.39 is 16.0 Å². The fraction of sp³-hybridized carbons (Fsp3) is 0.348. The van der Waals surface area contributed by atoms with E-state index in [2.05, 4.69) is 0 Å². The van der Waals surface area contributed by atoms with E-state index in [1.807, 2.05) is 13.8 Å². The molecule has 1 aliphatic heterocycles. The molecule has 33 heavy (non-hydrogen) atoms. The number of rotatable bonds is 7. The number of carboxylic acid groups (broad SMARTS) is 1. The van der Waals surface area contributed by atoms with Crippen molar-refractivity contribution in [2.24, 2.45) is 0 Å². The van der Waals surface area contributed by atoms with Crippen LogP contribution in [0.15, 0.2) is 47.5 Å². The number of halogens is 2. The number of ether oxygens (including phenoxy) is 1. The van der Waals surface area contributed by atoms with Gasteiger partial charge in [0.2, 0.25) is 10.0 Å². The Kier molecular flexibility index (Phi) is 6.64. The minimum Gasteiger partial charge on any atom is -0.491 e. The molecule has 1 N–H and O–H groups in total. The van der Waals surface area contributed by atoms with Gasteiger partial charge in [0.15, 0.2) is 0 Å². The van der Waals surface area contributed by atoms with Gasteiger partial charge in [0.05, 0.1) is 26.6 Å². The van der Waals surface area contributed by atoms with Crippen LogP contribution in [0.1, 0.15) is 31.7 Å². The number of benzene rings is 2. The molecule has 0 saturated carbocycles. The predicted octanol–water partition coefficient (Wildman–Crippen LogP) is 5.00. The van der Waals surface area contributed by atoms with Crippen molar-refractivity contribution in [3.05, 3.63) is 58.2 Å². The number of aliphatic carboxylic acids is 1. The maximum atomic E-state index is 13.2. The molecule has 1 fully saturated rings. The highest BCUT2D eigenvalue weighted by atomic mass is 35.5. The molecule has 0 radical (unpaired) electrons. The summed E-state index contributed by atoms with van der Waals surface area (Å²) in [4.78, 5) is 11.5. The summed E-state index contributed by atoms with van der Waals surface area (Å²) in [5.41, 5.74) is 1.46. The summed E-state index contributed by atoms with van der Waals surface area (Å²) in [6, 6.07) is 9.78. The number of sulfonamides is 1. The lowest BCUT2D eigenvalue weighted by molar-refractivity contribution is -0.137. The van der Waals surface area contributed by atoms with Gasteiger partial charge in [-0.1, -0.05) is 23.2 Å². The van der Waals surface area contributed by atoms with E-state index in [-0.39, 0.29) is 30.0 Å². The molecule has 0 bridgehead atoms. The van der Waals surface area contributed by atoms with Gasteiger partial charge in [0, 0.05) is 30.6 Å². The van der Waals surface area contributed by atoms with Crippen LogP contribution >= 0.6 is 23.2 Å². The molecule has 1 unspecified atom stereocenters. The van der Waals surface area contributed by atoms with Gasteiger partial charge >= 0.3 is 5.97 Å². The number of aromatic nitrogens is 1. The fourth-order valence-electron chi connectivity index (χ4n) is 4.25. The first-order valence-electron chi connectivity index (χ1n) is 10.5. The Hall–Kier alpha value is -2.26. The molecule has 1 atom stereocenters. The molecular formula is C23H24Cl2N2O5S. The molecule has 0 aliphatic carbocycles. The maximum absolute atomic E-state index is 13.2.